The molecule has 0 amide bonds. The summed E-state index contributed by atoms with van der Waals surface area (Å²) in [4.78, 5) is 0. The summed E-state index contributed by atoms with van der Waals surface area (Å²) in [5.41, 5.74) is 7.56. The van der Waals surface area contributed by atoms with Crippen LogP contribution in [0.5, 0.6) is 0 Å². The average Bonchev–Trinajstić information content (AvgIpc) is 2.65. The van der Waals surface area contributed by atoms with Gasteiger partial charge in [-0.15, -0.1) is 0 Å². The molecule has 0 bridgehead atoms. The lowest BCUT2D eigenvalue weighted by Gasteiger charge is -2.23. The second kappa shape index (κ2) is 3.46. The van der Waals surface area contributed by atoms with E-state index < -0.39 is 0 Å². The van der Waals surface area contributed by atoms with Gasteiger partial charge in [-0.3, -0.25) is 0 Å². The van der Waals surface area contributed by atoms with E-state index in [1.165, 1.54) is 27.8 Å². The third kappa shape index (κ3) is 1.59. The molecule has 0 spiro atoms. The van der Waals surface area contributed by atoms with Gasteiger partial charge in [-0.2, -0.15) is 0 Å². The summed E-state index contributed by atoms with van der Waals surface area (Å²) in [5, 5.41) is 0. The Morgan fingerprint density at radius 3 is 2.29 bits per heavy atom. The van der Waals surface area contributed by atoms with E-state index in [9.17, 15) is 0 Å². The van der Waals surface area contributed by atoms with Crippen molar-refractivity contribution < 1.29 is 0 Å². The molecular weight excluding hydrogens is 204 g/mol. The van der Waals surface area contributed by atoms with E-state index >= 15 is 0 Å². The third-order valence-corrected chi connectivity index (χ3v) is 3.63. The topological polar surface area (TPSA) is 0 Å². The summed E-state index contributed by atoms with van der Waals surface area (Å²) in [7, 11) is 0. The van der Waals surface area contributed by atoms with Gasteiger partial charge in [-0.25, -0.2) is 0 Å². The summed E-state index contributed by atoms with van der Waals surface area (Å²) in [5.74, 6) is 0. The van der Waals surface area contributed by atoms with Crippen molar-refractivity contribution in [1.82, 2.24) is 0 Å². The van der Waals surface area contributed by atoms with E-state index in [1.54, 1.807) is 0 Å². The van der Waals surface area contributed by atoms with E-state index in [-0.39, 0.29) is 5.41 Å². The summed E-state index contributed by atoms with van der Waals surface area (Å²) in [6, 6.07) is 15.5. The molecule has 2 aromatic carbocycles. The van der Waals surface area contributed by atoms with Crippen molar-refractivity contribution in [3.05, 3.63) is 59.2 Å². The monoisotopic (exact) mass is 222 g/mol. The SMILES string of the molecule is CC(C)(C)c1cccc2c1-c1ccccc1C2. The van der Waals surface area contributed by atoms with E-state index in [2.05, 4.69) is 63.2 Å². The molecule has 0 atom stereocenters. The predicted octanol–water partition coefficient (Wildman–Crippen LogP) is 4.56. The second-order valence-electron chi connectivity index (χ2n) is 5.92. The summed E-state index contributed by atoms with van der Waals surface area (Å²) >= 11 is 0. The zero-order valence-electron chi connectivity index (χ0n) is 10.7. The zero-order chi connectivity index (χ0) is 12.0. The maximum atomic E-state index is 2.30. The Balaban J connectivity index is 2.30. The Morgan fingerprint density at radius 2 is 1.53 bits per heavy atom. The first-order chi connectivity index (χ1) is 8.07. The lowest BCUT2D eigenvalue weighted by molar-refractivity contribution is 0.592. The first kappa shape index (κ1) is 10.6. The summed E-state index contributed by atoms with van der Waals surface area (Å²) < 4.78 is 0. The van der Waals surface area contributed by atoms with Crippen LogP contribution < -0.4 is 0 Å². The Labute approximate surface area is 103 Å². The fourth-order valence-electron chi connectivity index (χ4n) is 2.81. The first-order valence-electron chi connectivity index (χ1n) is 6.28. The van der Waals surface area contributed by atoms with Gasteiger partial charge in [-0.05, 0) is 39.7 Å². The van der Waals surface area contributed by atoms with E-state index in [1.807, 2.05) is 0 Å². The molecule has 0 saturated heterocycles. The maximum absolute atomic E-state index is 2.30. The molecule has 0 saturated carbocycles. The minimum absolute atomic E-state index is 0.211. The highest BCUT2D eigenvalue weighted by atomic mass is 14.3. The third-order valence-electron chi connectivity index (χ3n) is 3.63. The van der Waals surface area contributed by atoms with Crippen molar-refractivity contribution in [2.45, 2.75) is 32.6 Å². The van der Waals surface area contributed by atoms with Crippen LogP contribution in [-0.4, -0.2) is 0 Å². The minimum atomic E-state index is 0.211. The second-order valence-corrected chi connectivity index (χ2v) is 5.92. The summed E-state index contributed by atoms with van der Waals surface area (Å²) in [6.07, 6.45) is 1.09. The number of benzene rings is 2. The molecule has 0 aliphatic heterocycles. The molecule has 0 heteroatoms. The van der Waals surface area contributed by atoms with Gasteiger partial charge in [0.25, 0.3) is 0 Å². The van der Waals surface area contributed by atoms with Crippen LogP contribution in [0.3, 0.4) is 0 Å². The molecule has 2 aromatic rings. The Hall–Kier alpha value is -1.56. The Morgan fingerprint density at radius 1 is 0.824 bits per heavy atom. The van der Waals surface area contributed by atoms with Crippen molar-refractivity contribution in [2.24, 2.45) is 0 Å². The van der Waals surface area contributed by atoms with Crippen LogP contribution in [0.4, 0.5) is 0 Å². The molecule has 0 unspecified atom stereocenters. The van der Waals surface area contributed by atoms with Crippen LogP contribution in [0.1, 0.15) is 37.5 Å². The fourth-order valence-corrected chi connectivity index (χ4v) is 2.81. The Kier molecular flexibility index (Phi) is 2.16. The largest absolute Gasteiger partial charge is 0.0619 e. The highest BCUT2D eigenvalue weighted by Crippen LogP contribution is 2.42. The van der Waals surface area contributed by atoms with Crippen LogP contribution in [0.2, 0.25) is 0 Å². The van der Waals surface area contributed by atoms with Gasteiger partial charge in [-0.1, -0.05) is 63.2 Å². The van der Waals surface area contributed by atoms with Gasteiger partial charge in [0.15, 0.2) is 0 Å². The lowest BCUT2D eigenvalue weighted by atomic mass is 9.81. The molecular formula is C17H18. The zero-order valence-corrected chi connectivity index (χ0v) is 10.7. The van der Waals surface area contributed by atoms with Crippen LogP contribution in [0, 0.1) is 0 Å². The fraction of sp³-hybridized carbons (Fsp3) is 0.294. The number of hydrogen-bond donors (Lipinski definition) is 0. The molecule has 1 aliphatic rings. The highest BCUT2D eigenvalue weighted by Gasteiger charge is 2.25. The van der Waals surface area contributed by atoms with E-state index in [0.717, 1.165) is 6.42 Å². The van der Waals surface area contributed by atoms with Crippen molar-refractivity contribution in [1.29, 1.82) is 0 Å². The van der Waals surface area contributed by atoms with Gasteiger partial charge in [0.2, 0.25) is 0 Å². The number of fused-ring (bicyclic) bond motifs is 3. The molecule has 0 radical (unpaired) electrons. The molecule has 1 aliphatic carbocycles. The average molecular weight is 222 g/mol. The van der Waals surface area contributed by atoms with Crippen LogP contribution in [0.25, 0.3) is 11.1 Å². The van der Waals surface area contributed by atoms with Gasteiger partial charge in [0, 0.05) is 0 Å². The quantitative estimate of drug-likeness (QED) is 0.523. The van der Waals surface area contributed by atoms with Crippen LogP contribution in [-0.2, 0) is 11.8 Å². The molecule has 0 heterocycles. The van der Waals surface area contributed by atoms with Gasteiger partial charge < -0.3 is 0 Å². The standard InChI is InChI=1S/C17H18/c1-17(2,3)15-10-6-8-13-11-12-7-4-5-9-14(12)16(13)15/h4-10H,11H2,1-3H3. The maximum Gasteiger partial charge on any atom is -0.00133 e. The number of hydrogen-bond acceptors (Lipinski definition) is 0. The molecule has 0 aromatic heterocycles. The minimum Gasteiger partial charge on any atom is -0.0619 e. The van der Waals surface area contributed by atoms with Gasteiger partial charge >= 0.3 is 0 Å². The van der Waals surface area contributed by atoms with E-state index in [4.69, 9.17) is 0 Å². The van der Waals surface area contributed by atoms with Gasteiger partial charge in [0.05, 0.1) is 0 Å². The molecule has 86 valence electrons. The van der Waals surface area contributed by atoms with E-state index in [0.29, 0.717) is 0 Å². The predicted molar refractivity (Wildman–Crippen MR) is 73.4 cm³/mol. The van der Waals surface area contributed by atoms with Crippen molar-refractivity contribution in [3.8, 4) is 11.1 Å². The molecule has 0 fully saturated rings. The Bertz CT molecular complexity index is 571. The molecule has 17 heavy (non-hydrogen) atoms. The van der Waals surface area contributed by atoms with Crippen LogP contribution >= 0.6 is 0 Å². The van der Waals surface area contributed by atoms with Gasteiger partial charge in [0.1, 0.15) is 0 Å². The first-order valence-corrected chi connectivity index (χ1v) is 6.28. The smallest absolute Gasteiger partial charge is 0.00133 e. The van der Waals surface area contributed by atoms with Crippen LogP contribution in [0.15, 0.2) is 42.5 Å². The molecule has 3 rings (SSSR count). The number of rotatable bonds is 0. The van der Waals surface area contributed by atoms with Crippen molar-refractivity contribution in [2.75, 3.05) is 0 Å². The molecule has 0 N–H and O–H groups in total. The molecule has 0 nitrogen and oxygen atoms in total. The highest BCUT2D eigenvalue weighted by molar-refractivity contribution is 5.80. The van der Waals surface area contributed by atoms with Crippen molar-refractivity contribution >= 4 is 0 Å². The normalized spacial score (nSPS) is 13.4. The lowest BCUT2D eigenvalue weighted by Crippen LogP contribution is -2.12. The summed E-state index contributed by atoms with van der Waals surface area (Å²) in [6.45, 7) is 6.89. The van der Waals surface area contributed by atoms with Crippen molar-refractivity contribution in [3.63, 3.8) is 0 Å².